The van der Waals surface area contributed by atoms with Gasteiger partial charge in [-0.3, -0.25) is 4.79 Å². The van der Waals surface area contributed by atoms with E-state index in [2.05, 4.69) is 6.92 Å². The number of halogens is 2. The van der Waals surface area contributed by atoms with Gasteiger partial charge in [0.1, 0.15) is 11.6 Å². The lowest BCUT2D eigenvalue weighted by Crippen LogP contribution is -2.51. The molecule has 4 heteroatoms. The Balaban J connectivity index is 2.11. The Morgan fingerprint density at radius 1 is 1.37 bits per heavy atom. The molecule has 2 unspecified atom stereocenters. The van der Waals surface area contributed by atoms with E-state index in [0.29, 0.717) is 24.3 Å². The van der Waals surface area contributed by atoms with E-state index in [1.165, 1.54) is 12.1 Å². The zero-order valence-corrected chi connectivity index (χ0v) is 11.1. The number of carbonyl (C=O) groups is 1. The maximum absolute atomic E-state index is 13.1. The average molecular weight is 267 g/mol. The number of benzene rings is 1. The summed E-state index contributed by atoms with van der Waals surface area (Å²) >= 11 is 0. The van der Waals surface area contributed by atoms with Crippen molar-refractivity contribution >= 4 is 5.78 Å². The minimum absolute atomic E-state index is 0.00208. The molecule has 1 aliphatic rings. The molecule has 0 spiro atoms. The van der Waals surface area contributed by atoms with Gasteiger partial charge < -0.3 is 5.73 Å². The second kappa shape index (κ2) is 5.37. The molecule has 2 nitrogen and oxygen atoms in total. The monoisotopic (exact) mass is 267 g/mol. The SMILES string of the molecule is CC1CCCC(N)(C(=O)Cc2cc(F)cc(F)c2)C1. The van der Waals surface area contributed by atoms with Crippen molar-refractivity contribution in [2.45, 2.75) is 44.6 Å². The Bertz CT molecular complexity index is 469. The predicted molar refractivity (Wildman–Crippen MR) is 69.6 cm³/mol. The Kier molecular flexibility index (Phi) is 3.99. The molecule has 2 atom stereocenters. The van der Waals surface area contributed by atoms with Crippen LogP contribution in [0, 0.1) is 17.6 Å². The van der Waals surface area contributed by atoms with Gasteiger partial charge in [-0.25, -0.2) is 8.78 Å². The summed E-state index contributed by atoms with van der Waals surface area (Å²) < 4.78 is 26.2. The molecule has 1 aromatic rings. The van der Waals surface area contributed by atoms with Crippen molar-refractivity contribution in [3.8, 4) is 0 Å². The second-order valence-electron chi connectivity index (χ2n) is 5.74. The molecule has 104 valence electrons. The van der Waals surface area contributed by atoms with Gasteiger partial charge in [0.15, 0.2) is 5.78 Å². The minimum Gasteiger partial charge on any atom is -0.319 e. The summed E-state index contributed by atoms with van der Waals surface area (Å²) in [5.41, 5.74) is 5.70. The van der Waals surface area contributed by atoms with Crippen LogP contribution < -0.4 is 5.73 Å². The van der Waals surface area contributed by atoms with Crippen molar-refractivity contribution in [2.24, 2.45) is 11.7 Å². The van der Waals surface area contributed by atoms with Gasteiger partial charge >= 0.3 is 0 Å². The molecule has 1 fully saturated rings. The zero-order chi connectivity index (χ0) is 14.0. The number of ketones is 1. The molecule has 0 radical (unpaired) electrons. The molecule has 0 aromatic heterocycles. The van der Waals surface area contributed by atoms with Crippen LogP contribution in [0.4, 0.5) is 8.78 Å². The lowest BCUT2D eigenvalue weighted by molar-refractivity contribution is -0.125. The van der Waals surface area contributed by atoms with Crippen molar-refractivity contribution in [2.75, 3.05) is 0 Å². The first kappa shape index (κ1) is 14.1. The number of Topliss-reactive ketones (excluding diaryl/α,β-unsaturated/α-hetero) is 1. The standard InChI is InChI=1S/C15H19F2NO/c1-10-3-2-4-15(18,9-10)14(19)7-11-5-12(16)8-13(17)6-11/h5-6,8,10H,2-4,7,9,18H2,1H3. The van der Waals surface area contributed by atoms with E-state index < -0.39 is 17.2 Å². The first-order valence-corrected chi connectivity index (χ1v) is 6.66. The Morgan fingerprint density at radius 2 is 2.00 bits per heavy atom. The summed E-state index contributed by atoms with van der Waals surface area (Å²) in [5, 5.41) is 0. The fourth-order valence-electron chi connectivity index (χ4n) is 2.92. The van der Waals surface area contributed by atoms with Gasteiger partial charge in [0.2, 0.25) is 0 Å². The Hall–Kier alpha value is -1.29. The maximum Gasteiger partial charge on any atom is 0.157 e. The Labute approximate surface area is 112 Å². The number of rotatable bonds is 3. The molecular weight excluding hydrogens is 248 g/mol. The number of carbonyl (C=O) groups excluding carboxylic acids is 1. The maximum atomic E-state index is 13.1. The molecule has 0 heterocycles. The van der Waals surface area contributed by atoms with Crippen LogP contribution in [-0.2, 0) is 11.2 Å². The average Bonchev–Trinajstić information content (AvgIpc) is 2.26. The number of hydrogen-bond donors (Lipinski definition) is 1. The van der Waals surface area contributed by atoms with Crippen molar-refractivity contribution in [1.82, 2.24) is 0 Å². The van der Waals surface area contributed by atoms with E-state index in [0.717, 1.165) is 18.9 Å². The largest absolute Gasteiger partial charge is 0.319 e. The highest BCUT2D eigenvalue weighted by Crippen LogP contribution is 2.31. The molecular formula is C15H19F2NO. The highest BCUT2D eigenvalue weighted by Gasteiger charge is 2.37. The van der Waals surface area contributed by atoms with E-state index >= 15 is 0 Å². The summed E-state index contributed by atoms with van der Waals surface area (Å²) in [7, 11) is 0. The van der Waals surface area contributed by atoms with Crippen LogP contribution >= 0.6 is 0 Å². The van der Waals surface area contributed by atoms with Crippen molar-refractivity contribution in [1.29, 1.82) is 0 Å². The normalized spacial score (nSPS) is 27.3. The topological polar surface area (TPSA) is 43.1 Å². The molecule has 0 bridgehead atoms. The number of nitrogens with two attached hydrogens (primary N) is 1. The molecule has 1 saturated carbocycles. The van der Waals surface area contributed by atoms with Crippen LogP contribution in [-0.4, -0.2) is 11.3 Å². The Morgan fingerprint density at radius 3 is 2.58 bits per heavy atom. The molecule has 2 N–H and O–H groups in total. The van der Waals surface area contributed by atoms with Gasteiger partial charge in [-0.15, -0.1) is 0 Å². The first-order chi connectivity index (χ1) is 8.89. The van der Waals surface area contributed by atoms with E-state index in [4.69, 9.17) is 5.73 Å². The number of hydrogen-bond acceptors (Lipinski definition) is 2. The van der Waals surface area contributed by atoms with Crippen LogP contribution in [0.2, 0.25) is 0 Å². The van der Waals surface area contributed by atoms with Crippen LogP contribution in [0.3, 0.4) is 0 Å². The molecule has 19 heavy (non-hydrogen) atoms. The summed E-state index contributed by atoms with van der Waals surface area (Å²) in [6.07, 6.45) is 3.33. The van der Waals surface area contributed by atoms with Gasteiger partial charge in [0.05, 0.1) is 5.54 Å². The summed E-state index contributed by atoms with van der Waals surface area (Å²) in [6, 6.07) is 3.18. The highest BCUT2D eigenvalue weighted by molar-refractivity contribution is 5.90. The van der Waals surface area contributed by atoms with Crippen LogP contribution in [0.5, 0.6) is 0 Å². The minimum atomic E-state index is -0.833. The molecule has 0 amide bonds. The second-order valence-corrected chi connectivity index (χ2v) is 5.74. The van der Waals surface area contributed by atoms with Crippen LogP contribution in [0.15, 0.2) is 18.2 Å². The highest BCUT2D eigenvalue weighted by atomic mass is 19.1. The van der Waals surface area contributed by atoms with E-state index in [-0.39, 0.29) is 12.2 Å². The van der Waals surface area contributed by atoms with Gasteiger partial charge in [0.25, 0.3) is 0 Å². The molecule has 0 saturated heterocycles. The van der Waals surface area contributed by atoms with Crippen LogP contribution in [0.25, 0.3) is 0 Å². The van der Waals surface area contributed by atoms with E-state index in [1.54, 1.807) is 0 Å². The van der Waals surface area contributed by atoms with Gasteiger partial charge in [-0.2, -0.15) is 0 Å². The summed E-state index contributed by atoms with van der Waals surface area (Å²) in [4.78, 5) is 12.3. The third-order valence-corrected chi connectivity index (χ3v) is 3.87. The zero-order valence-electron chi connectivity index (χ0n) is 11.1. The molecule has 1 aliphatic carbocycles. The fourth-order valence-corrected chi connectivity index (χ4v) is 2.92. The fraction of sp³-hybridized carbons (Fsp3) is 0.533. The molecule has 0 aliphatic heterocycles. The quantitative estimate of drug-likeness (QED) is 0.915. The lowest BCUT2D eigenvalue weighted by Gasteiger charge is -2.35. The lowest BCUT2D eigenvalue weighted by atomic mass is 9.73. The van der Waals surface area contributed by atoms with Gasteiger partial charge in [0, 0.05) is 12.5 Å². The van der Waals surface area contributed by atoms with E-state index in [9.17, 15) is 13.6 Å². The smallest absolute Gasteiger partial charge is 0.157 e. The third kappa shape index (κ3) is 3.38. The summed E-state index contributed by atoms with van der Waals surface area (Å²) in [6.45, 7) is 2.08. The van der Waals surface area contributed by atoms with Crippen molar-refractivity contribution < 1.29 is 13.6 Å². The van der Waals surface area contributed by atoms with Crippen LogP contribution in [0.1, 0.15) is 38.2 Å². The summed E-state index contributed by atoms with van der Waals surface area (Å²) in [5.74, 6) is -1.02. The van der Waals surface area contributed by atoms with Crippen molar-refractivity contribution in [3.05, 3.63) is 35.4 Å². The van der Waals surface area contributed by atoms with E-state index in [1.807, 2.05) is 0 Å². The molecule has 1 aromatic carbocycles. The van der Waals surface area contributed by atoms with Crippen molar-refractivity contribution in [3.63, 3.8) is 0 Å². The van der Waals surface area contributed by atoms with Gasteiger partial charge in [-0.05, 0) is 36.5 Å². The first-order valence-electron chi connectivity index (χ1n) is 6.66. The van der Waals surface area contributed by atoms with Gasteiger partial charge in [-0.1, -0.05) is 19.8 Å². The molecule has 2 rings (SSSR count). The third-order valence-electron chi connectivity index (χ3n) is 3.87. The predicted octanol–water partition coefficient (Wildman–Crippen LogP) is 2.98.